The molecule has 145 heavy (non-hydrogen) atoms. The van der Waals surface area contributed by atoms with Crippen LogP contribution in [-0.2, 0) is 6.42 Å². The summed E-state index contributed by atoms with van der Waals surface area (Å²) in [5.74, 6) is 2.68. The normalized spacial score (nSPS) is 14.2. The van der Waals surface area contributed by atoms with Crippen LogP contribution < -0.4 is 45.2 Å². The molecular formula is C131H149N5S5Si4. The number of fused-ring (bicyclic) bond motifs is 15. The first-order valence-electron chi connectivity index (χ1n) is 53.7. The molecule has 5 aromatic heterocycles. The second-order valence-corrected chi connectivity index (χ2v) is 70.9. The maximum Gasteiger partial charge on any atom is 0.0803 e. The lowest BCUT2D eigenvalue weighted by Crippen LogP contribution is -2.40. The van der Waals surface area contributed by atoms with Gasteiger partial charge in [-0.25, -0.2) is 0 Å². The van der Waals surface area contributed by atoms with Crippen LogP contribution in [0.25, 0.3) is 101 Å². The van der Waals surface area contributed by atoms with E-state index in [0.29, 0.717) is 11.8 Å². The molecule has 3 aliphatic rings. The number of rotatable bonds is 19. The second kappa shape index (κ2) is 43.6. The molecular weight excluding hydrogens is 1920 g/mol. The van der Waals surface area contributed by atoms with E-state index in [1.54, 1.807) is 32.3 Å². The third kappa shape index (κ3) is 21.1. The molecule has 0 atom stereocenters. The van der Waals surface area contributed by atoms with E-state index in [-0.39, 0.29) is 0 Å². The number of para-hydroxylation sites is 5. The summed E-state index contributed by atoms with van der Waals surface area (Å²) in [5.41, 5.74) is 22.0. The van der Waals surface area contributed by atoms with Gasteiger partial charge in [-0.05, 0) is 190 Å². The number of thiophene rings is 5. The van der Waals surface area contributed by atoms with Crippen molar-refractivity contribution in [1.29, 1.82) is 0 Å². The number of anilines is 10. The maximum absolute atomic E-state index is 2.47. The maximum atomic E-state index is 2.47. The molecule has 0 aliphatic heterocycles. The molecule has 0 saturated heterocycles. The van der Waals surface area contributed by atoms with Crippen LogP contribution in [-0.4, -0.2) is 67.5 Å². The van der Waals surface area contributed by atoms with Crippen LogP contribution in [0.1, 0.15) is 174 Å². The Hall–Kier alpha value is -10.7. The SMILES string of the molecule is CC(C)c1ccccc1N(C)c1cccc2c1sc1c([Si](C)(C)C)cccc12.CCc1ccccc1N(C)c1cccc2c1sc1c([Si](C)(C)C)cccc12.CN(c1ccccc1C1CCCCC1)c1cccc2c1sc1c(C3CCCCC3)cccc12.CN(c1ccccc1[Si](C)(C)C)c1cccc2c1sc1c(C3CCCCC3)cccc12.Cc1ccccc1N(C)c1cccc2c1sc1c([Si](C)(C)C)cccc12. The lowest BCUT2D eigenvalue weighted by Gasteiger charge is -2.29. The predicted molar refractivity (Wildman–Crippen MR) is 667 cm³/mol. The molecule has 5 nitrogen and oxygen atoms in total. The fraction of sp³-hybridized carbons (Fsp3) is 0.313. The monoisotopic (exact) mass is 2060 g/mol. The Balaban J connectivity index is 0.000000115. The summed E-state index contributed by atoms with van der Waals surface area (Å²) in [5, 5.41) is 20.3. The first-order valence-corrected chi connectivity index (χ1v) is 71.7. The van der Waals surface area contributed by atoms with Crippen molar-refractivity contribution in [2.75, 3.05) is 59.7 Å². The Morgan fingerprint density at radius 2 is 0.469 bits per heavy atom. The van der Waals surface area contributed by atoms with Gasteiger partial charge in [-0.1, -0.05) is 400 Å². The highest BCUT2D eigenvalue weighted by atomic mass is 32.1. The molecule has 14 heteroatoms. The quantitative estimate of drug-likeness (QED) is 0.0748. The molecule has 15 aromatic carbocycles. The Labute approximate surface area is 888 Å². The minimum absolute atomic E-state index is 0.499. The van der Waals surface area contributed by atoms with E-state index in [2.05, 4.69) is 469 Å². The third-order valence-corrected chi connectivity index (χ3v) is 46.5. The molecule has 3 aliphatic carbocycles. The van der Waals surface area contributed by atoms with Crippen molar-refractivity contribution >= 4 is 267 Å². The van der Waals surface area contributed by atoms with Crippen LogP contribution >= 0.6 is 56.7 Å². The standard InChI is InChI=1S/C31H35NS.C28H33NSSi.C25H29NSSi.C24H27NSSi.C23H25NSSi/c1-32(28-20-9-8-16-24(28)22-12-4-2-5-13-22)29-21-11-19-27-26-18-10-17-25(30(26)33-31(27)29)23-14-6-3-7-15-23;1-29(24-17-8-9-19-26(24)31(2,3)4)25-18-11-16-23-22-15-10-14-21(27(22)30-28(23)25)20-12-6-5-7-13-20;1-17(2)18-11-7-8-14-21(18)26(3)22-15-9-12-19-20-13-10-16-23(28(4,5)6)25(20)27-24(19)22;1-6-17-11-7-8-14-20(17)25(2)21-15-9-12-18-19-13-10-16-22(27(3,4)5)24(19)26-23(18)21;1-16-10-6-7-13-19(16)24(2)20-14-8-11-17-18-12-9-15-21(26(3,4)5)23(18)25-22(17)20/h8-11,16-23H,2-7,12-15H2,1H3;8-11,14-20H,5-7,12-13H2,1-4H3;7-17H,1-6H3;7-16H,6H2,1-5H3;6-15H,1-5H3. The lowest BCUT2D eigenvalue weighted by molar-refractivity contribution is 0.444. The number of hydrogen-bond acceptors (Lipinski definition) is 10. The first kappa shape index (κ1) is 103. The molecule has 5 heterocycles. The molecule has 3 fully saturated rings. The van der Waals surface area contributed by atoms with Gasteiger partial charge in [0.15, 0.2) is 0 Å². The summed E-state index contributed by atoms with van der Waals surface area (Å²) in [7, 11) is 5.51. The Bertz CT molecular complexity index is 8040. The summed E-state index contributed by atoms with van der Waals surface area (Å²) >= 11 is 9.95. The largest absolute Gasteiger partial charge is 0.344 e. The van der Waals surface area contributed by atoms with Gasteiger partial charge in [0.05, 0.1) is 84.2 Å². The van der Waals surface area contributed by atoms with E-state index < -0.39 is 32.3 Å². The van der Waals surface area contributed by atoms with Gasteiger partial charge in [0.2, 0.25) is 0 Å². The third-order valence-electron chi connectivity index (χ3n) is 31.4. The fourth-order valence-electron chi connectivity index (χ4n) is 23.6. The predicted octanol–water partition coefficient (Wildman–Crippen LogP) is 39.4. The molecule has 0 spiro atoms. The van der Waals surface area contributed by atoms with Crippen molar-refractivity contribution < 1.29 is 0 Å². The van der Waals surface area contributed by atoms with Crippen LogP contribution in [0, 0.1) is 6.92 Å². The Morgan fingerprint density at radius 3 is 0.834 bits per heavy atom. The van der Waals surface area contributed by atoms with E-state index in [1.807, 2.05) is 56.7 Å². The Morgan fingerprint density at radius 1 is 0.228 bits per heavy atom. The molecule has 744 valence electrons. The lowest BCUT2D eigenvalue weighted by atomic mass is 9.83. The van der Waals surface area contributed by atoms with Gasteiger partial charge in [-0.3, -0.25) is 0 Å². The van der Waals surface area contributed by atoms with E-state index in [1.165, 1.54) is 276 Å². The summed E-state index contributed by atoms with van der Waals surface area (Å²) in [6.45, 7) is 38.2. The molecule has 0 bridgehead atoms. The highest BCUT2D eigenvalue weighted by Crippen LogP contribution is 2.53. The molecule has 20 aromatic rings. The number of benzene rings is 15. The van der Waals surface area contributed by atoms with Crippen LogP contribution in [0.5, 0.6) is 0 Å². The van der Waals surface area contributed by atoms with Crippen LogP contribution in [0.2, 0.25) is 78.6 Å². The highest BCUT2D eigenvalue weighted by molar-refractivity contribution is 7.30. The average molecular weight is 2070 g/mol. The summed E-state index contributed by atoms with van der Waals surface area (Å²) < 4.78 is 14.5. The van der Waals surface area contributed by atoms with Crippen molar-refractivity contribution in [3.05, 3.63) is 337 Å². The molecule has 0 amide bonds. The topological polar surface area (TPSA) is 16.2 Å². The summed E-state index contributed by atoms with van der Waals surface area (Å²) in [6, 6.07) is 113. The van der Waals surface area contributed by atoms with Gasteiger partial charge in [-0.15, -0.1) is 56.7 Å². The zero-order valence-corrected chi connectivity index (χ0v) is 97.9. The van der Waals surface area contributed by atoms with E-state index in [0.717, 1.165) is 18.3 Å². The Kier molecular flexibility index (Phi) is 30.9. The average Bonchev–Trinajstić information content (AvgIpc) is 1.62. The summed E-state index contributed by atoms with van der Waals surface area (Å²) in [4.78, 5) is 12.0. The van der Waals surface area contributed by atoms with Crippen molar-refractivity contribution in [3.8, 4) is 0 Å². The summed E-state index contributed by atoms with van der Waals surface area (Å²) in [6.07, 6.45) is 21.6. The van der Waals surface area contributed by atoms with Gasteiger partial charge < -0.3 is 24.5 Å². The van der Waals surface area contributed by atoms with E-state index in [9.17, 15) is 0 Å². The van der Waals surface area contributed by atoms with E-state index in [4.69, 9.17) is 0 Å². The number of aryl methyl sites for hydroxylation is 2. The van der Waals surface area contributed by atoms with Gasteiger partial charge >= 0.3 is 0 Å². The zero-order chi connectivity index (χ0) is 101. The number of nitrogens with zero attached hydrogens (tertiary/aromatic N) is 5. The smallest absolute Gasteiger partial charge is 0.0803 e. The van der Waals surface area contributed by atoms with Crippen LogP contribution in [0.15, 0.2) is 303 Å². The minimum atomic E-state index is -1.44. The van der Waals surface area contributed by atoms with Crippen molar-refractivity contribution in [3.63, 3.8) is 0 Å². The minimum Gasteiger partial charge on any atom is -0.344 e. The van der Waals surface area contributed by atoms with Gasteiger partial charge in [0.1, 0.15) is 0 Å². The second-order valence-electron chi connectivity index (χ2n) is 45.6. The van der Waals surface area contributed by atoms with E-state index >= 15 is 0 Å². The van der Waals surface area contributed by atoms with Gasteiger partial charge in [-0.2, -0.15) is 0 Å². The molecule has 23 rings (SSSR count). The van der Waals surface area contributed by atoms with Gasteiger partial charge in [0.25, 0.3) is 0 Å². The number of hydrogen-bond donors (Lipinski definition) is 0. The first-order chi connectivity index (χ1) is 69.8. The van der Waals surface area contributed by atoms with Crippen molar-refractivity contribution in [2.24, 2.45) is 0 Å². The molecule has 0 radical (unpaired) electrons. The highest BCUT2D eigenvalue weighted by Gasteiger charge is 2.32. The fourth-order valence-corrected chi connectivity index (χ4v) is 39.3. The van der Waals surface area contributed by atoms with Crippen LogP contribution in [0.3, 0.4) is 0 Å². The molecule has 0 N–H and O–H groups in total. The molecule has 3 saturated carbocycles. The zero-order valence-electron chi connectivity index (χ0n) is 89.8. The molecule has 0 unspecified atom stereocenters. The van der Waals surface area contributed by atoms with Crippen molar-refractivity contribution in [1.82, 2.24) is 0 Å². The van der Waals surface area contributed by atoms with Gasteiger partial charge in [0, 0.05) is 141 Å². The van der Waals surface area contributed by atoms with Crippen molar-refractivity contribution in [2.45, 2.75) is 233 Å². The van der Waals surface area contributed by atoms with Crippen LogP contribution in [0.4, 0.5) is 56.9 Å².